The van der Waals surface area contributed by atoms with Crippen LogP contribution in [0.5, 0.6) is 5.75 Å². The molecule has 0 spiro atoms. The largest absolute Gasteiger partial charge is 0.484 e. The van der Waals surface area contributed by atoms with E-state index in [9.17, 15) is 13.2 Å². The molecule has 1 heterocycles. The van der Waals surface area contributed by atoms with Crippen LogP contribution in [-0.2, 0) is 14.8 Å². The lowest BCUT2D eigenvalue weighted by atomic mass is 10.2. The van der Waals surface area contributed by atoms with Gasteiger partial charge < -0.3 is 14.6 Å². The van der Waals surface area contributed by atoms with Gasteiger partial charge in [-0.2, -0.15) is 0 Å². The highest BCUT2D eigenvalue weighted by Gasteiger charge is 2.20. The number of carbonyl (C=O) groups is 1. The summed E-state index contributed by atoms with van der Waals surface area (Å²) in [5.74, 6) is 0.936. The number of rotatable bonds is 8. The lowest BCUT2D eigenvalue weighted by Crippen LogP contribution is -2.39. The van der Waals surface area contributed by atoms with E-state index in [2.05, 4.69) is 10.5 Å². The molecular weight excluding hydrogens is 346 g/mol. The second-order valence-electron chi connectivity index (χ2n) is 5.58. The summed E-state index contributed by atoms with van der Waals surface area (Å²) in [7, 11) is -3.53. The number of aryl methyl sites for hydroxylation is 2. The van der Waals surface area contributed by atoms with Gasteiger partial charge in [0.2, 0.25) is 10.0 Å². The van der Waals surface area contributed by atoms with Crippen molar-refractivity contribution >= 4 is 21.7 Å². The molecule has 0 unspecified atom stereocenters. The normalized spacial score (nSPS) is 11.2. The highest BCUT2D eigenvalue weighted by atomic mass is 32.2. The molecule has 0 saturated heterocycles. The fourth-order valence-corrected chi connectivity index (χ4v) is 2.90. The first kappa shape index (κ1) is 18.8. The van der Waals surface area contributed by atoms with Crippen LogP contribution in [0.1, 0.15) is 11.3 Å². The van der Waals surface area contributed by atoms with Crippen molar-refractivity contribution in [2.45, 2.75) is 13.8 Å². The molecule has 0 bridgehead atoms. The van der Waals surface area contributed by atoms with Crippen molar-refractivity contribution in [1.29, 1.82) is 0 Å². The molecule has 8 nitrogen and oxygen atoms in total. The molecule has 0 aliphatic carbocycles. The topological polar surface area (TPSA) is 102 Å². The van der Waals surface area contributed by atoms with Gasteiger partial charge in [0.05, 0.1) is 12.8 Å². The number of nitrogens with zero attached hydrogens (tertiary/aromatic N) is 2. The fourth-order valence-electron chi connectivity index (χ4n) is 2.05. The van der Waals surface area contributed by atoms with E-state index in [0.717, 1.165) is 16.1 Å². The van der Waals surface area contributed by atoms with Crippen LogP contribution in [0.15, 0.2) is 34.9 Å². The van der Waals surface area contributed by atoms with Gasteiger partial charge in [-0.15, -0.1) is 0 Å². The third-order valence-corrected chi connectivity index (χ3v) is 4.47. The average Bonchev–Trinajstić information content (AvgIpc) is 2.95. The Bertz CT molecular complexity index is 815. The maximum atomic E-state index is 11.9. The predicted molar refractivity (Wildman–Crippen MR) is 93.1 cm³/mol. The number of benzene rings is 1. The van der Waals surface area contributed by atoms with E-state index in [1.807, 2.05) is 19.1 Å². The molecule has 0 radical (unpaired) electrons. The number of amides is 1. The Balaban J connectivity index is 1.83. The van der Waals surface area contributed by atoms with Gasteiger partial charge in [0.25, 0.3) is 5.91 Å². The van der Waals surface area contributed by atoms with Crippen LogP contribution in [0.4, 0.5) is 5.82 Å². The minimum absolute atomic E-state index is 0.0427. The summed E-state index contributed by atoms with van der Waals surface area (Å²) in [6.07, 6.45) is 1.07. The molecule has 2 aromatic rings. The monoisotopic (exact) mass is 367 g/mol. The molecule has 0 aliphatic rings. The van der Waals surface area contributed by atoms with Crippen LogP contribution in [0.25, 0.3) is 0 Å². The molecule has 0 fully saturated rings. The number of hydrogen-bond acceptors (Lipinski definition) is 6. The average molecular weight is 367 g/mol. The number of aromatic nitrogens is 1. The number of anilines is 1. The molecular formula is C16H21N3O5S. The molecule has 136 valence electrons. The van der Waals surface area contributed by atoms with Gasteiger partial charge in [0, 0.05) is 12.6 Å². The lowest BCUT2D eigenvalue weighted by Gasteiger charge is -2.19. The van der Waals surface area contributed by atoms with Gasteiger partial charge in [-0.05, 0) is 26.0 Å². The highest BCUT2D eigenvalue weighted by Crippen LogP contribution is 2.16. The van der Waals surface area contributed by atoms with E-state index < -0.39 is 10.0 Å². The zero-order valence-electron chi connectivity index (χ0n) is 14.4. The molecule has 0 saturated carbocycles. The fraction of sp³-hybridized carbons (Fsp3) is 0.375. The third kappa shape index (κ3) is 5.79. The molecule has 1 amide bonds. The summed E-state index contributed by atoms with van der Waals surface area (Å²) in [6, 6.07) is 8.85. The maximum Gasteiger partial charge on any atom is 0.258 e. The van der Waals surface area contributed by atoms with E-state index in [1.165, 1.54) is 6.07 Å². The van der Waals surface area contributed by atoms with Crippen molar-refractivity contribution in [2.24, 2.45) is 0 Å². The summed E-state index contributed by atoms with van der Waals surface area (Å²) >= 11 is 0. The van der Waals surface area contributed by atoms with E-state index in [0.29, 0.717) is 11.5 Å². The molecule has 0 aliphatic heterocycles. The Labute approximate surface area is 146 Å². The zero-order valence-corrected chi connectivity index (χ0v) is 15.2. The van der Waals surface area contributed by atoms with Crippen molar-refractivity contribution in [2.75, 3.05) is 30.3 Å². The molecule has 2 rings (SSSR count). The first-order chi connectivity index (χ1) is 11.8. The van der Waals surface area contributed by atoms with Gasteiger partial charge in [0.1, 0.15) is 11.5 Å². The summed E-state index contributed by atoms with van der Waals surface area (Å²) in [4.78, 5) is 11.8. The van der Waals surface area contributed by atoms with E-state index >= 15 is 0 Å². The number of carbonyl (C=O) groups excluding carboxylic acids is 1. The van der Waals surface area contributed by atoms with Crippen LogP contribution < -0.4 is 14.4 Å². The Hall–Kier alpha value is -2.55. The van der Waals surface area contributed by atoms with Crippen LogP contribution in [0, 0.1) is 13.8 Å². The van der Waals surface area contributed by atoms with Crippen LogP contribution in [-0.4, -0.2) is 45.4 Å². The number of sulfonamides is 1. The predicted octanol–water partition coefficient (Wildman–Crippen LogP) is 1.25. The molecule has 1 aromatic carbocycles. The Morgan fingerprint density at radius 2 is 1.96 bits per heavy atom. The van der Waals surface area contributed by atoms with Crippen molar-refractivity contribution in [3.63, 3.8) is 0 Å². The summed E-state index contributed by atoms with van der Waals surface area (Å²) in [5, 5.41) is 6.31. The van der Waals surface area contributed by atoms with Gasteiger partial charge in [-0.3, -0.25) is 4.79 Å². The van der Waals surface area contributed by atoms with Gasteiger partial charge >= 0.3 is 0 Å². The summed E-state index contributed by atoms with van der Waals surface area (Å²) in [5.41, 5.74) is 1.10. The Morgan fingerprint density at radius 1 is 1.28 bits per heavy atom. The SMILES string of the molecule is Cc1ccc(OCC(=O)NCCN(c2cc(C)on2)S(C)(=O)=O)cc1. The maximum absolute atomic E-state index is 11.9. The third-order valence-electron chi connectivity index (χ3n) is 3.30. The number of hydrogen-bond donors (Lipinski definition) is 1. The van der Waals surface area contributed by atoms with Crippen LogP contribution in [0.3, 0.4) is 0 Å². The lowest BCUT2D eigenvalue weighted by molar-refractivity contribution is -0.123. The minimum Gasteiger partial charge on any atom is -0.484 e. The first-order valence-corrected chi connectivity index (χ1v) is 9.48. The summed E-state index contributed by atoms with van der Waals surface area (Å²) < 4.78 is 35.1. The van der Waals surface area contributed by atoms with E-state index in [1.54, 1.807) is 19.1 Å². The Kier molecular flexibility index (Phi) is 6.02. The second-order valence-corrected chi connectivity index (χ2v) is 7.49. The highest BCUT2D eigenvalue weighted by molar-refractivity contribution is 7.92. The van der Waals surface area contributed by atoms with Crippen molar-refractivity contribution in [1.82, 2.24) is 10.5 Å². The quantitative estimate of drug-likeness (QED) is 0.753. The van der Waals surface area contributed by atoms with Crippen LogP contribution >= 0.6 is 0 Å². The van der Waals surface area contributed by atoms with Crippen LogP contribution in [0.2, 0.25) is 0 Å². The number of ether oxygens (including phenoxy) is 1. The van der Waals surface area contributed by atoms with Crippen molar-refractivity contribution < 1.29 is 22.5 Å². The van der Waals surface area contributed by atoms with Gasteiger partial charge in [-0.1, -0.05) is 22.9 Å². The number of nitrogens with one attached hydrogen (secondary N) is 1. The van der Waals surface area contributed by atoms with Crippen molar-refractivity contribution in [3.8, 4) is 5.75 Å². The van der Waals surface area contributed by atoms with Crippen molar-refractivity contribution in [3.05, 3.63) is 41.7 Å². The first-order valence-electron chi connectivity index (χ1n) is 7.63. The molecule has 1 N–H and O–H groups in total. The molecule has 0 atom stereocenters. The molecule has 9 heteroatoms. The zero-order chi connectivity index (χ0) is 18.4. The van der Waals surface area contributed by atoms with Gasteiger partial charge in [-0.25, -0.2) is 12.7 Å². The second kappa shape index (κ2) is 8.02. The minimum atomic E-state index is -3.53. The van der Waals surface area contributed by atoms with E-state index in [4.69, 9.17) is 9.26 Å². The molecule has 1 aromatic heterocycles. The summed E-state index contributed by atoms with van der Waals surface area (Å²) in [6.45, 7) is 3.64. The van der Waals surface area contributed by atoms with E-state index in [-0.39, 0.29) is 31.4 Å². The standard InChI is InChI=1S/C16H21N3O5S/c1-12-4-6-14(7-5-12)23-11-16(20)17-8-9-19(25(3,21)22)15-10-13(2)24-18-15/h4-7,10H,8-9,11H2,1-3H3,(H,17,20). The van der Waals surface area contributed by atoms with Gasteiger partial charge in [0.15, 0.2) is 12.4 Å². The molecule has 25 heavy (non-hydrogen) atoms. The Morgan fingerprint density at radius 3 is 2.52 bits per heavy atom. The smallest absolute Gasteiger partial charge is 0.258 e.